The second-order valence-corrected chi connectivity index (χ2v) is 3.74. The highest BCUT2D eigenvalue weighted by Crippen LogP contribution is 2.19. The Hall–Kier alpha value is -1.02. The highest BCUT2D eigenvalue weighted by atomic mass is 32.1. The van der Waals surface area contributed by atoms with E-state index in [4.69, 9.17) is 0 Å². The quantitative estimate of drug-likeness (QED) is 0.609. The molecule has 0 N–H and O–H groups in total. The van der Waals surface area contributed by atoms with Crippen molar-refractivity contribution in [3.8, 4) is 5.00 Å². The van der Waals surface area contributed by atoms with Gasteiger partial charge in [-0.1, -0.05) is 0 Å². The fourth-order valence-electron chi connectivity index (χ4n) is 1.04. The van der Waals surface area contributed by atoms with Gasteiger partial charge in [-0.15, -0.1) is 11.3 Å². The Kier molecular flexibility index (Phi) is 1.55. The van der Waals surface area contributed by atoms with Crippen molar-refractivity contribution in [1.82, 2.24) is 4.57 Å². The lowest BCUT2D eigenvalue weighted by Crippen LogP contribution is -1.81. The van der Waals surface area contributed by atoms with Crippen molar-refractivity contribution >= 4 is 11.3 Å². The van der Waals surface area contributed by atoms with Gasteiger partial charge in [0.2, 0.25) is 0 Å². The summed E-state index contributed by atoms with van der Waals surface area (Å²) < 4.78 is 2.12. The van der Waals surface area contributed by atoms with Gasteiger partial charge < -0.3 is 4.57 Å². The first-order valence-corrected chi connectivity index (χ1v) is 4.38. The largest absolute Gasteiger partial charge is 0.316 e. The maximum atomic E-state index is 2.14. The molecule has 0 fully saturated rings. The van der Waals surface area contributed by atoms with Gasteiger partial charge in [-0.05, 0) is 31.2 Å². The summed E-state index contributed by atoms with van der Waals surface area (Å²) in [6, 6.07) is 8.35. The average molecular weight is 163 g/mol. The van der Waals surface area contributed by atoms with Crippen molar-refractivity contribution < 1.29 is 0 Å². The topological polar surface area (TPSA) is 4.93 Å². The molecular weight excluding hydrogens is 154 g/mol. The highest BCUT2D eigenvalue weighted by molar-refractivity contribution is 7.14. The molecule has 0 saturated carbocycles. The Balaban J connectivity index is 2.45. The summed E-state index contributed by atoms with van der Waals surface area (Å²) in [5.41, 5.74) is 0. The molecule has 1 nitrogen and oxygen atoms in total. The van der Waals surface area contributed by atoms with Crippen LogP contribution in [0.25, 0.3) is 5.00 Å². The third-order valence-electron chi connectivity index (χ3n) is 1.59. The number of rotatable bonds is 1. The molecule has 2 heteroatoms. The predicted molar refractivity (Wildman–Crippen MR) is 48.4 cm³/mol. The van der Waals surface area contributed by atoms with E-state index < -0.39 is 0 Å². The van der Waals surface area contributed by atoms with Crippen molar-refractivity contribution in [3.63, 3.8) is 0 Å². The Morgan fingerprint density at radius 2 is 1.91 bits per heavy atom. The molecule has 2 rings (SSSR count). The van der Waals surface area contributed by atoms with Gasteiger partial charge in [0.1, 0.15) is 0 Å². The normalized spacial score (nSPS) is 10.3. The lowest BCUT2D eigenvalue weighted by molar-refractivity contribution is 1.11. The average Bonchev–Trinajstić information content (AvgIpc) is 2.55. The first kappa shape index (κ1) is 6.68. The number of hydrogen-bond acceptors (Lipinski definition) is 1. The molecule has 0 aliphatic carbocycles. The van der Waals surface area contributed by atoms with E-state index in [1.54, 1.807) is 0 Å². The maximum absolute atomic E-state index is 2.14. The Bertz CT molecular complexity index is 332. The third-order valence-corrected chi connectivity index (χ3v) is 2.60. The molecular formula is C9H9NS. The van der Waals surface area contributed by atoms with Gasteiger partial charge in [-0.2, -0.15) is 0 Å². The summed E-state index contributed by atoms with van der Waals surface area (Å²) >= 11 is 1.81. The van der Waals surface area contributed by atoms with E-state index in [1.165, 1.54) is 9.88 Å². The SMILES string of the molecule is Cc1ccc(-n2cccc2)s1. The summed E-state index contributed by atoms with van der Waals surface area (Å²) in [6.07, 6.45) is 4.12. The van der Waals surface area contributed by atoms with Crippen LogP contribution in [0, 0.1) is 6.92 Å². The van der Waals surface area contributed by atoms with Crippen LogP contribution in [0.15, 0.2) is 36.7 Å². The first-order chi connectivity index (χ1) is 5.36. The minimum Gasteiger partial charge on any atom is -0.316 e. The number of nitrogens with zero attached hydrogens (tertiary/aromatic N) is 1. The van der Waals surface area contributed by atoms with E-state index in [9.17, 15) is 0 Å². The monoisotopic (exact) mass is 163 g/mol. The summed E-state index contributed by atoms with van der Waals surface area (Å²) in [4.78, 5) is 1.36. The molecule has 0 atom stereocenters. The van der Waals surface area contributed by atoms with E-state index in [0.29, 0.717) is 0 Å². The van der Waals surface area contributed by atoms with Gasteiger partial charge in [-0.3, -0.25) is 0 Å². The van der Waals surface area contributed by atoms with Crippen molar-refractivity contribution in [2.75, 3.05) is 0 Å². The smallest absolute Gasteiger partial charge is 0.0992 e. The summed E-state index contributed by atoms with van der Waals surface area (Å²) in [6.45, 7) is 2.12. The van der Waals surface area contributed by atoms with Crippen molar-refractivity contribution in [3.05, 3.63) is 41.5 Å². The van der Waals surface area contributed by atoms with E-state index in [-0.39, 0.29) is 0 Å². The molecule has 0 aliphatic rings. The number of hydrogen-bond donors (Lipinski definition) is 0. The molecule has 11 heavy (non-hydrogen) atoms. The lowest BCUT2D eigenvalue weighted by Gasteiger charge is -1.94. The lowest BCUT2D eigenvalue weighted by atomic mass is 10.5. The highest BCUT2D eigenvalue weighted by Gasteiger charge is 1.95. The number of aryl methyl sites for hydroxylation is 1. The zero-order valence-corrected chi connectivity index (χ0v) is 7.14. The van der Waals surface area contributed by atoms with Crippen LogP contribution in [-0.2, 0) is 0 Å². The fourth-order valence-corrected chi connectivity index (χ4v) is 1.87. The zero-order valence-electron chi connectivity index (χ0n) is 6.32. The standard InChI is InChI=1S/C9H9NS/c1-8-4-5-9(11-8)10-6-2-3-7-10/h2-7H,1H3. The number of aromatic nitrogens is 1. The second-order valence-electron chi connectivity index (χ2n) is 2.47. The molecule has 0 saturated heterocycles. The minimum absolute atomic E-state index is 1.28. The van der Waals surface area contributed by atoms with Crippen LogP contribution in [0.2, 0.25) is 0 Å². The van der Waals surface area contributed by atoms with Gasteiger partial charge in [0.05, 0.1) is 5.00 Å². The molecule has 0 unspecified atom stereocenters. The van der Waals surface area contributed by atoms with Crippen LogP contribution < -0.4 is 0 Å². The zero-order chi connectivity index (χ0) is 7.68. The molecule has 2 aromatic rings. The van der Waals surface area contributed by atoms with Crippen LogP contribution in [0.4, 0.5) is 0 Å². The molecule has 0 bridgehead atoms. The molecule has 0 radical (unpaired) electrons. The Morgan fingerprint density at radius 3 is 2.45 bits per heavy atom. The summed E-state index contributed by atoms with van der Waals surface area (Å²) in [5.74, 6) is 0. The fraction of sp³-hybridized carbons (Fsp3) is 0.111. The molecule has 56 valence electrons. The first-order valence-electron chi connectivity index (χ1n) is 3.56. The van der Waals surface area contributed by atoms with Crippen LogP contribution in [-0.4, -0.2) is 4.57 Å². The van der Waals surface area contributed by atoms with E-state index >= 15 is 0 Å². The van der Waals surface area contributed by atoms with Gasteiger partial charge >= 0.3 is 0 Å². The maximum Gasteiger partial charge on any atom is 0.0992 e. The van der Waals surface area contributed by atoms with Crippen molar-refractivity contribution in [2.24, 2.45) is 0 Å². The molecule has 0 spiro atoms. The Labute approximate surface area is 69.9 Å². The summed E-state index contributed by atoms with van der Waals surface area (Å²) in [7, 11) is 0. The second kappa shape index (κ2) is 2.55. The van der Waals surface area contributed by atoms with Gasteiger partial charge in [0, 0.05) is 17.3 Å². The van der Waals surface area contributed by atoms with Gasteiger partial charge in [0.15, 0.2) is 0 Å². The molecule has 2 heterocycles. The van der Waals surface area contributed by atoms with Crippen LogP contribution >= 0.6 is 11.3 Å². The summed E-state index contributed by atoms with van der Waals surface area (Å²) in [5, 5.41) is 1.28. The van der Waals surface area contributed by atoms with Gasteiger partial charge in [0.25, 0.3) is 0 Å². The molecule has 0 aromatic carbocycles. The number of thiophene rings is 1. The minimum atomic E-state index is 1.28. The predicted octanol–water partition coefficient (Wildman–Crippen LogP) is 2.85. The van der Waals surface area contributed by atoms with E-state index in [1.807, 2.05) is 23.5 Å². The van der Waals surface area contributed by atoms with Crippen LogP contribution in [0.3, 0.4) is 0 Å². The molecule has 0 amide bonds. The molecule has 2 aromatic heterocycles. The van der Waals surface area contributed by atoms with Crippen LogP contribution in [0.5, 0.6) is 0 Å². The van der Waals surface area contributed by atoms with Crippen LogP contribution in [0.1, 0.15) is 4.88 Å². The third kappa shape index (κ3) is 1.21. The Morgan fingerprint density at radius 1 is 1.18 bits per heavy atom. The van der Waals surface area contributed by atoms with Gasteiger partial charge in [-0.25, -0.2) is 0 Å². The van der Waals surface area contributed by atoms with Crippen molar-refractivity contribution in [1.29, 1.82) is 0 Å². The molecule has 0 aliphatic heterocycles. The van der Waals surface area contributed by atoms with E-state index in [2.05, 4.69) is 36.0 Å². The van der Waals surface area contributed by atoms with E-state index in [0.717, 1.165) is 0 Å². The van der Waals surface area contributed by atoms with Crippen molar-refractivity contribution in [2.45, 2.75) is 6.92 Å².